The zero-order valence-electron chi connectivity index (χ0n) is 22.8. The van der Waals surface area contributed by atoms with Crippen LogP contribution in [0.3, 0.4) is 0 Å². The molecule has 1 aromatic heterocycles. The van der Waals surface area contributed by atoms with E-state index in [1.54, 1.807) is 31.4 Å². The van der Waals surface area contributed by atoms with E-state index in [0.717, 1.165) is 19.0 Å². The van der Waals surface area contributed by atoms with Crippen molar-refractivity contribution in [2.45, 2.75) is 37.4 Å². The molecular formula is C28H27F6N5O2S. The van der Waals surface area contributed by atoms with E-state index in [2.05, 4.69) is 15.0 Å². The number of likely N-dealkylation sites (N-methyl/N-ethyl adjacent to an activating group) is 2. The maximum atomic E-state index is 13.6. The number of halogens is 6. The van der Waals surface area contributed by atoms with E-state index in [1.807, 2.05) is 19.0 Å². The highest BCUT2D eigenvalue weighted by atomic mass is 32.2. The van der Waals surface area contributed by atoms with Crippen LogP contribution in [-0.4, -0.2) is 77.1 Å². The number of thioether (sulfide) groups is 1. The van der Waals surface area contributed by atoms with Crippen molar-refractivity contribution in [3.8, 4) is 0 Å². The first-order valence-electron chi connectivity index (χ1n) is 12.9. The number of carbonyl (C=O) groups excluding carboxylic acids is 1. The summed E-state index contributed by atoms with van der Waals surface area (Å²) < 4.78 is 86.6. The minimum atomic E-state index is -4.97. The second-order valence-electron chi connectivity index (χ2n) is 10.3. The second kappa shape index (κ2) is 11.4. The third-order valence-electron chi connectivity index (χ3n) is 7.51. The number of ether oxygens (including phenoxy) is 1. The van der Waals surface area contributed by atoms with Crippen molar-refractivity contribution in [2.75, 3.05) is 34.4 Å². The summed E-state index contributed by atoms with van der Waals surface area (Å²) in [5.41, 5.74) is -1.91. The van der Waals surface area contributed by atoms with E-state index in [0.29, 0.717) is 39.2 Å². The van der Waals surface area contributed by atoms with E-state index in [4.69, 9.17) is 4.74 Å². The summed E-state index contributed by atoms with van der Waals surface area (Å²) in [4.78, 5) is 21.6. The molecule has 2 atom stereocenters. The van der Waals surface area contributed by atoms with Crippen LogP contribution in [0, 0.1) is 0 Å². The van der Waals surface area contributed by atoms with Crippen LogP contribution < -0.4 is 0 Å². The number of fused-ring (bicyclic) bond motifs is 1. The first-order valence-corrected chi connectivity index (χ1v) is 13.7. The molecule has 0 saturated carbocycles. The van der Waals surface area contributed by atoms with Crippen LogP contribution in [-0.2, 0) is 28.4 Å². The molecule has 0 aliphatic carbocycles. The van der Waals surface area contributed by atoms with Gasteiger partial charge < -0.3 is 9.64 Å². The molecule has 3 aromatic rings. The zero-order valence-corrected chi connectivity index (χ0v) is 23.6. The molecule has 0 radical (unpaired) electrons. The topological polar surface area (TPSA) is 63.0 Å². The van der Waals surface area contributed by atoms with Crippen LogP contribution >= 0.6 is 11.8 Å². The molecule has 1 saturated heterocycles. The molecule has 2 aliphatic rings. The van der Waals surface area contributed by atoms with Gasteiger partial charge in [-0.3, -0.25) is 14.4 Å². The molecule has 0 N–H and O–H groups in total. The first-order chi connectivity index (χ1) is 19.7. The summed E-state index contributed by atoms with van der Waals surface area (Å²) in [5, 5.41) is 5.37. The zero-order chi connectivity index (χ0) is 30.4. The molecule has 3 heterocycles. The molecule has 2 aliphatic heterocycles. The third kappa shape index (κ3) is 6.20. The van der Waals surface area contributed by atoms with Crippen molar-refractivity contribution in [1.29, 1.82) is 0 Å². The highest BCUT2D eigenvalue weighted by molar-refractivity contribution is 8.18. The van der Waals surface area contributed by atoms with E-state index in [1.165, 1.54) is 22.6 Å². The number of methoxy groups -OCH3 is 1. The van der Waals surface area contributed by atoms with E-state index >= 15 is 0 Å². The summed E-state index contributed by atoms with van der Waals surface area (Å²) in [5.74, 6) is -0.362. The van der Waals surface area contributed by atoms with Gasteiger partial charge >= 0.3 is 12.4 Å². The molecule has 1 amide bonds. The summed E-state index contributed by atoms with van der Waals surface area (Å²) in [6.45, 7) is 1.06. The number of alkyl halides is 6. The highest BCUT2D eigenvalue weighted by Gasteiger charge is 2.38. The molecule has 5 rings (SSSR count). The Bertz CT molecular complexity index is 1560. The normalized spacial score (nSPS) is 21.1. The van der Waals surface area contributed by atoms with Gasteiger partial charge in [0.2, 0.25) is 0 Å². The van der Waals surface area contributed by atoms with Crippen LogP contribution in [0.15, 0.2) is 52.5 Å². The van der Waals surface area contributed by atoms with Crippen LogP contribution in [0.5, 0.6) is 0 Å². The Labute approximate surface area is 241 Å². The van der Waals surface area contributed by atoms with Crippen molar-refractivity contribution >= 4 is 39.8 Å². The van der Waals surface area contributed by atoms with Crippen molar-refractivity contribution in [3.63, 3.8) is 0 Å². The first kappa shape index (κ1) is 30.1. The van der Waals surface area contributed by atoms with Gasteiger partial charge in [0, 0.05) is 38.2 Å². The van der Waals surface area contributed by atoms with Gasteiger partial charge in [-0.05, 0) is 66.7 Å². The molecule has 2 aromatic carbocycles. The molecule has 14 heteroatoms. The van der Waals surface area contributed by atoms with Crippen LogP contribution in [0.4, 0.5) is 26.3 Å². The predicted octanol–water partition coefficient (Wildman–Crippen LogP) is 5.74. The van der Waals surface area contributed by atoms with Crippen LogP contribution in [0.2, 0.25) is 0 Å². The number of carbonyl (C=O) groups is 1. The van der Waals surface area contributed by atoms with Crippen LogP contribution in [0.25, 0.3) is 17.0 Å². The molecule has 7 nitrogen and oxygen atoms in total. The smallest absolute Gasteiger partial charge is 0.383 e. The van der Waals surface area contributed by atoms with Gasteiger partial charge in [0.15, 0.2) is 5.17 Å². The Hall–Kier alpha value is -3.36. The Kier molecular flexibility index (Phi) is 8.16. The number of likely N-dealkylation sites (tertiary alicyclic amines) is 1. The van der Waals surface area contributed by atoms with Gasteiger partial charge in [-0.2, -0.15) is 36.4 Å². The minimum Gasteiger partial charge on any atom is -0.383 e. The SMILES string of the molecule is COCC1CC(N(C)C2=NC(=O)C(=Cc3ccc4c(cnn4Cc4ccc(C(F)(F)F)cc4C(F)(F)F)c3)S2)CN1C. The summed E-state index contributed by atoms with van der Waals surface area (Å²) >= 11 is 1.27. The Morgan fingerprint density at radius 1 is 1.12 bits per heavy atom. The number of hydrogen-bond donors (Lipinski definition) is 0. The number of nitrogens with zero attached hydrogens (tertiary/aromatic N) is 5. The fourth-order valence-electron chi connectivity index (χ4n) is 5.21. The fraction of sp³-hybridized carbons (Fsp3) is 0.393. The van der Waals surface area contributed by atoms with Crippen molar-refractivity contribution in [3.05, 3.63) is 69.8 Å². The third-order valence-corrected chi connectivity index (χ3v) is 8.58. The quantitative estimate of drug-likeness (QED) is 0.262. The standard InChI is InChI=1S/C28H27F6N5O2S/c1-37-14-20(11-21(37)15-41-3)38(2)26-36-25(40)24(42-26)9-16-4-7-23-18(8-16)12-35-39(23)13-17-5-6-19(27(29,30)31)10-22(17)28(32,33)34/h4-10,12,20-21H,11,13-15H2,1-3H3. The van der Waals surface area contributed by atoms with E-state index < -0.39 is 23.5 Å². The number of rotatable bonds is 6. The van der Waals surface area contributed by atoms with Gasteiger partial charge in [-0.1, -0.05) is 12.1 Å². The number of benzene rings is 2. The molecule has 42 heavy (non-hydrogen) atoms. The lowest BCUT2D eigenvalue weighted by Gasteiger charge is -2.25. The largest absolute Gasteiger partial charge is 0.416 e. The van der Waals surface area contributed by atoms with E-state index in [9.17, 15) is 31.1 Å². The number of amidine groups is 1. The van der Waals surface area contributed by atoms with Gasteiger partial charge in [-0.25, -0.2) is 0 Å². The van der Waals surface area contributed by atoms with Crippen LogP contribution in [0.1, 0.15) is 28.7 Å². The van der Waals surface area contributed by atoms with Crippen molar-refractivity contribution in [1.82, 2.24) is 19.6 Å². The highest BCUT2D eigenvalue weighted by Crippen LogP contribution is 2.38. The Morgan fingerprint density at radius 3 is 2.57 bits per heavy atom. The monoisotopic (exact) mass is 611 g/mol. The summed E-state index contributed by atoms with van der Waals surface area (Å²) in [6.07, 6.45) is -5.84. The van der Waals surface area contributed by atoms with Crippen molar-refractivity contribution in [2.24, 2.45) is 4.99 Å². The average molecular weight is 612 g/mol. The Balaban J connectivity index is 1.33. The molecule has 0 bridgehead atoms. The Morgan fingerprint density at radius 2 is 1.88 bits per heavy atom. The molecule has 2 unspecified atom stereocenters. The predicted molar refractivity (Wildman–Crippen MR) is 148 cm³/mol. The summed E-state index contributed by atoms with van der Waals surface area (Å²) in [7, 11) is 5.62. The molecule has 0 spiro atoms. The maximum absolute atomic E-state index is 13.6. The fourth-order valence-corrected chi connectivity index (χ4v) is 6.16. The van der Waals surface area contributed by atoms with Gasteiger partial charge in [0.05, 0.1) is 40.9 Å². The van der Waals surface area contributed by atoms with Gasteiger partial charge in [-0.15, -0.1) is 0 Å². The summed E-state index contributed by atoms with van der Waals surface area (Å²) in [6, 6.07) is 7.13. The molecule has 224 valence electrons. The number of hydrogen-bond acceptors (Lipinski definition) is 6. The number of amides is 1. The molecule has 1 fully saturated rings. The number of aromatic nitrogens is 2. The minimum absolute atomic E-state index is 0.123. The lowest BCUT2D eigenvalue weighted by molar-refractivity contribution is -0.143. The second-order valence-corrected chi connectivity index (χ2v) is 11.4. The van der Waals surface area contributed by atoms with E-state index in [-0.39, 0.29) is 36.2 Å². The average Bonchev–Trinajstić information content (AvgIpc) is 3.60. The van der Waals surface area contributed by atoms with Gasteiger partial charge in [0.25, 0.3) is 5.91 Å². The number of aliphatic imine (C=N–C) groups is 1. The lowest BCUT2D eigenvalue weighted by Crippen LogP contribution is -2.36. The van der Waals surface area contributed by atoms with Crippen molar-refractivity contribution < 1.29 is 35.9 Å². The maximum Gasteiger partial charge on any atom is 0.416 e. The lowest BCUT2D eigenvalue weighted by atomic mass is 10.0. The van der Waals surface area contributed by atoms with Gasteiger partial charge in [0.1, 0.15) is 0 Å². The molecular weight excluding hydrogens is 584 g/mol.